The van der Waals surface area contributed by atoms with Gasteiger partial charge in [-0.15, -0.1) is 0 Å². The SMILES string of the molecule is CCCN(C1CCNC1)S(=O)(=O)c1ccco1. The molecule has 1 aromatic heterocycles. The predicted octanol–water partition coefficient (Wildman–Crippen LogP) is 1.04. The fraction of sp³-hybridized carbons (Fsp3) is 0.636. The van der Waals surface area contributed by atoms with E-state index >= 15 is 0 Å². The Hall–Kier alpha value is -0.850. The molecule has 1 N–H and O–H groups in total. The van der Waals surface area contributed by atoms with Crippen LogP contribution in [0.25, 0.3) is 0 Å². The van der Waals surface area contributed by atoms with Gasteiger partial charge in [-0.3, -0.25) is 0 Å². The molecule has 5 nitrogen and oxygen atoms in total. The first kappa shape index (κ1) is 12.6. The van der Waals surface area contributed by atoms with E-state index in [1.165, 1.54) is 12.3 Å². The normalized spacial score (nSPS) is 21.2. The van der Waals surface area contributed by atoms with Crippen molar-refractivity contribution in [3.05, 3.63) is 18.4 Å². The smallest absolute Gasteiger partial charge is 0.276 e. The van der Waals surface area contributed by atoms with Gasteiger partial charge < -0.3 is 9.73 Å². The molecule has 0 aliphatic carbocycles. The molecule has 1 aliphatic heterocycles. The van der Waals surface area contributed by atoms with Gasteiger partial charge >= 0.3 is 0 Å². The van der Waals surface area contributed by atoms with E-state index in [0.717, 1.165) is 25.9 Å². The number of nitrogens with one attached hydrogen (secondary N) is 1. The number of furan rings is 1. The van der Waals surface area contributed by atoms with Gasteiger partial charge in [0.2, 0.25) is 5.09 Å². The van der Waals surface area contributed by atoms with Crippen LogP contribution >= 0.6 is 0 Å². The maximum atomic E-state index is 12.4. The fourth-order valence-corrected chi connectivity index (χ4v) is 3.78. The van der Waals surface area contributed by atoms with E-state index in [1.54, 1.807) is 10.4 Å². The van der Waals surface area contributed by atoms with Crippen LogP contribution in [0.4, 0.5) is 0 Å². The summed E-state index contributed by atoms with van der Waals surface area (Å²) < 4.78 is 31.3. The first-order valence-corrected chi connectivity index (χ1v) is 7.36. The Balaban J connectivity index is 2.26. The Morgan fingerprint density at radius 3 is 2.94 bits per heavy atom. The zero-order valence-electron chi connectivity index (χ0n) is 9.93. The summed E-state index contributed by atoms with van der Waals surface area (Å²) in [4.78, 5) is 0. The standard InChI is InChI=1S/C11H18N2O3S/c1-2-7-13(10-5-6-12-9-10)17(14,15)11-4-3-8-16-11/h3-4,8,10,12H,2,5-7,9H2,1H3. The summed E-state index contributed by atoms with van der Waals surface area (Å²) in [5.41, 5.74) is 0. The molecule has 1 unspecified atom stereocenters. The summed E-state index contributed by atoms with van der Waals surface area (Å²) in [5.74, 6) is 0. The Morgan fingerprint density at radius 1 is 1.59 bits per heavy atom. The van der Waals surface area contributed by atoms with Gasteiger partial charge in [0.05, 0.1) is 6.26 Å². The second kappa shape index (κ2) is 5.20. The predicted molar refractivity (Wildman–Crippen MR) is 64.2 cm³/mol. The Labute approximate surface area is 102 Å². The molecule has 2 heterocycles. The average Bonchev–Trinajstić information content (AvgIpc) is 2.97. The van der Waals surface area contributed by atoms with E-state index in [-0.39, 0.29) is 11.1 Å². The average molecular weight is 258 g/mol. The minimum absolute atomic E-state index is 0.0397. The fourth-order valence-electron chi connectivity index (χ4n) is 2.13. The molecule has 96 valence electrons. The molecule has 17 heavy (non-hydrogen) atoms. The van der Waals surface area contributed by atoms with Crippen molar-refractivity contribution in [2.24, 2.45) is 0 Å². The summed E-state index contributed by atoms with van der Waals surface area (Å²) in [6.45, 7) is 4.11. The van der Waals surface area contributed by atoms with Gasteiger partial charge in [0.25, 0.3) is 10.0 Å². The van der Waals surface area contributed by atoms with E-state index in [4.69, 9.17) is 4.42 Å². The van der Waals surface area contributed by atoms with Crippen molar-refractivity contribution in [2.45, 2.75) is 30.9 Å². The van der Waals surface area contributed by atoms with Crippen LogP contribution in [0, 0.1) is 0 Å². The van der Waals surface area contributed by atoms with Crippen LogP contribution < -0.4 is 5.32 Å². The zero-order chi connectivity index (χ0) is 12.3. The van der Waals surface area contributed by atoms with Gasteiger partial charge in [-0.1, -0.05) is 6.92 Å². The van der Waals surface area contributed by atoms with Gasteiger partial charge in [0.15, 0.2) is 0 Å². The first-order valence-electron chi connectivity index (χ1n) is 5.92. The Bertz CT molecular complexity index is 435. The van der Waals surface area contributed by atoms with Crippen LogP contribution in [0.1, 0.15) is 19.8 Å². The molecule has 1 saturated heterocycles. The molecular weight excluding hydrogens is 240 g/mol. The molecule has 1 fully saturated rings. The molecule has 0 radical (unpaired) electrons. The third-order valence-corrected chi connectivity index (χ3v) is 4.78. The second-order valence-electron chi connectivity index (χ2n) is 4.19. The van der Waals surface area contributed by atoms with Crippen molar-refractivity contribution in [1.82, 2.24) is 9.62 Å². The van der Waals surface area contributed by atoms with Gasteiger partial charge in [0, 0.05) is 19.1 Å². The molecule has 1 atom stereocenters. The number of hydrogen-bond acceptors (Lipinski definition) is 4. The van der Waals surface area contributed by atoms with E-state index in [1.807, 2.05) is 6.92 Å². The molecule has 6 heteroatoms. The summed E-state index contributed by atoms with van der Waals surface area (Å²) in [6, 6.07) is 3.15. The molecule has 0 amide bonds. The van der Waals surface area contributed by atoms with E-state index < -0.39 is 10.0 Å². The highest BCUT2D eigenvalue weighted by Crippen LogP contribution is 2.21. The molecule has 1 aromatic rings. The van der Waals surface area contributed by atoms with Gasteiger partial charge in [-0.25, -0.2) is 8.42 Å². The van der Waals surface area contributed by atoms with Crippen LogP contribution in [0.2, 0.25) is 0 Å². The number of rotatable bonds is 5. The minimum Gasteiger partial charge on any atom is -0.452 e. The summed E-state index contributed by atoms with van der Waals surface area (Å²) >= 11 is 0. The third-order valence-electron chi connectivity index (χ3n) is 2.94. The van der Waals surface area contributed by atoms with Gasteiger partial charge in [-0.05, 0) is 31.5 Å². The monoisotopic (exact) mass is 258 g/mol. The number of nitrogens with zero attached hydrogens (tertiary/aromatic N) is 1. The minimum atomic E-state index is -3.48. The van der Waals surface area contributed by atoms with Crippen molar-refractivity contribution in [2.75, 3.05) is 19.6 Å². The van der Waals surface area contributed by atoms with Crippen molar-refractivity contribution in [3.8, 4) is 0 Å². The van der Waals surface area contributed by atoms with Gasteiger partial charge in [-0.2, -0.15) is 4.31 Å². The lowest BCUT2D eigenvalue weighted by Crippen LogP contribution is -2.41. The second-order valence-corrected chi connectivity index (χ2v) is 6.02. The lowest BCUT2D eigenvalue weighted by molar-refractivity contribution is 0.321. The summed E-state index contributed by atoms with van der Waals surface area (Å²) in [5, 5.41) is 3.23. The van der Waals surface area contributed by atoms with Gasteiger partial charge in [0.1, 0.15) is 0 Å². The quantitative estimate of drug-likeness (QED) is 0.857. The highest BCUT2D eigenvalue weighted by molar-refractivity contribution is 7.89. The summed E-state index contributed by atoms with van der Waals surface area (Å²) in [7, 11) is -3.48. The van der Waals surface area contributed by atoms with E-state index in [0.29, 0.717) is 6.54 Å². The van der Waals surface area contributed by atoms with Crippen LogP contribution in [0.15, 0.2) is 27.9 Å². The number of hydrogen-bond donors (Lipinski definition) is 1. The van der Waals surface area contributed by atoms with Crippen molar-refractivity contribution in [1.29, 1.82) is 0 Å². The highest BCUT2D eigenvalue weighted by atomic mass is 32.2. The van der Waals surface area contributed by atoms with Crippen molar-refractivity contribution < 1.29 is 12.8 Å². The van der Waals surface area contributed by atoms with Crippen molar-refractivity contribution in [3.63, 3.8) is 0 Å². The third kappa shape index (κ3) is 2.53. The molecule has 0 spiro atoms. The summed E-state index contributed by atoms with van der Waals surface area (Å²) in [6.07, 6.45) is 3.06. The topological polar surface area (TPSA) is 62.6 Å². The molecule has 2 rings (SSSR count). The number of sulfonamides is 1. The van der Waals surface area contributed by atoms with E-state index in [2.05, 4.69) is 5.32 Å². The van der Waals surface area contributed by atoms with Crippen molar-refractivity contribution >= 4 is 10.0 Å². The lowest BCUT2D eigenvalue weighted by atomic mass is 10.2. The largest absolute Gasteiger partial charge is 0.452 e. The molecule has 1 aliphatic rings. The first-order chi connectivity index (χ1) is 8.16. The molecular formula is C11H18N2O3S. The maximum absolute atomic E-state index is 12.4. The molecule has 0 aromatic carbocycles. The molecule has 0 saturated carbocycles. The Morgan fingerprint density at radius 2 is 2.41 bits per heavy atom. The van der Waals surface area contributed by atoms with E-state index in [9.17, 15) is 8.42 Å². The molecule has 0 bridgehead atoms. The van der Waals surface area contributed by atoms with Crippen LogP contribution in [-0.2, 0) is 10.0 Å². The van der Waals surface area contributed by atoms with Crippen LogP contribution in [-0.4, -0.2) is 38.4 Å². The maximum Gasteiger partial charge on any atom is 0.276 e. The van der Waals surface area contributed by atoms with Crippen LogP contribution in [0.5, 0.6) is 0 Å². The lowest BCUT2D eigenvalue weighted by Gasteiger charge is -2.25. The Kier molecular flexibility index (Phi) is 3.86. The highest BCUT2D eigenvalue weighted by Gasteiger charge is 2.34. The van der Waals surface area contributed by atoms with Crippen LogP contribution in [0.3, 0.4) is 0 Å². The zero-order valence-corrected chi connectivity index (χ0v) is 10.7.